The molecule has 1 N–H and O–H groups in total. The minimum absolute atomic E-state index is 0.0723. The van der Waals surface area contributed by atoms with Crippen LogP contribution in [0.3, 0.4) is 0 Å². The Morgan fingerprint density at radius 1 is 1.03 bits per heavy atom. The number of rotatable bonds is 11. The van der Waals surface area contributed by atoms with Crippen molar-refractivity contribution >= 4 is 27.5 Å². The molecule has 2 aromatic carbocycles. The van der Waals surface area contributed by atoms with Crippen LogP contribution in [-0.2, 0) is 26.0 Å². The molecule has 2 amide bonds. The van der Waals surface area contributed by atoms with Gasteiger partial charge in [0, 0.05) is 12.6 Å². The zero-order chi connectivity index (χ0) is 24.6. The quantitative estimate of drug-likeness (QED) is 0.539. The van der Waals surface area contributed by atoms with Gasteiger partial charge in [0.15, 0.2) is 0 Å². The van der Waals surface area contributed by atoms with E-state index < -0.39 is 34.3 Å². The van der Waals surface area contributed by atoms with Crippen molar-refractivity contribution in [3.63, 3.8) is 0 Å². The molecule has 2 aromatic rings. The van der Waals surface area contributed by atoms with Crippen LogP contribution in [0.2, 0.25) is 0 Å². The summed E-state index contributed by atoms with van der Waals surface area (Å²) in [5.41, 5.74) is 0.756. The zero-order valence-electron chi connectivity index (χ0n) is 19.5. The minimum atomic E-state index is -3.96. The Labute approximate surface area is 195 Å². The number of para-hydroxylation sites is 1. The van der Waals surface area contributed by atoms with Crippen LogP contribution in [0.25, 0.3) is 0 Å². The molecule has 0 aromatic heterocycles. The van der Waals surface area contributed by atoms with Crippen molar-refractivity contribution in [1.29, 1.82) is 0 Å². The second-order valence-electron chi connectivity index (χ2n) is 8.04. The van der Waals surface area contributed by atoms with E-state index in [9.17, 15) is 22.4 Å². The van der Waals surface area contributed by atoms with Crippen molar-refractivity contribution in [3.8, 4) is 0 Å². The van der Waals surface area contributed by atoms with Gasteiger partial charge < -0.3 is 10.2 Å². The predicted molar refractivity (Wildman–Crippen MR) is 128 cm³/mol. The molecule has 0 aliphatic heterocycles. The molecule has 0 fully saturated rings. The van der Waals surface area contributed by atoms with Crippen molar-refractivity contribution in [2.45, 2.75) is 45.7 Å². The largest absolute Gasteiger partial charge is 0.352 e. The lowest BCUT2D eigenvalue weighted by Crippen LogP contribution is -2.53. The summed E-state index contributed by atoms with van der Waals surface area (Å²) in [6, 6.07) is 13.9. The van der Waals surface area contributed by atoms with Crippen LogP contribution in [0, 0.1) is 5.82 Å². The van der Waals surface area contributed by atoms with E-state index >= 15 is 0 Å². The topological polar surface area (TPSA) is 86.8 Å². The monoisotopic (exact) mass is 477 g/mol. The van der Waals surface area contributed by atoms with E-state index in [4.69, 9.17) is 0 Å². The zero-order valence-corrected chi connectivity index (χ0v) is 20.3. The van der Waals surface area contributed by atoms with Gasteiger partial charge in [0.1, 0.15) is 18.4 Å². The number of carbonyl (C=O) groups is 2. The summed E-state index contributed by atoms with van der Waals surface area (Å²) in [6.07, 6.45) is 2.12. The van der Waals surface area contributed by atoms with Crippen molar-refractivity contribution < 1.29 is 22.4 Å². The van der Waals surface area contributed by atoms with Crippen LogP contribution >= 0.6 is 0 Å². The molecule has 2 atom stereocenters. The van der Waals surface area contributed by atoms with Gasteiger partial charge in [-0.15, -0.1) is 0 Å². The molecule has 0 radical (unpaired) electrons. The van der Waals surface area contributed by atoms with Gasteiger partial charge in [-0.05, 0) is 44.4 Å². The summed E-state index contributed by atoms with van der Waals surface area (Å²) in [6.45, 7) is 4.99. The number of sulfonamides is 1. The summed E-state index contributed by atoms with van der Waals surface area (Å²) in [5, 5.41) is 2.86. The van der Waals surface area contributed by atoms with Crippen LogP contribution in [0.1, 0.15) is 32.8 Å². The number of nitrogens with one attached hydrogen (secondary N) is 1. The van der Waals surface area contributed by atoms with Gasteiger partial charge in [0.25, 0.3) is 0 Å². The maximum absolute atomic E-state index is 14.4. The summed E-state index contributed by atoms with van der Waals surface area (Å²) < 4.78 is 39.9. The van der Waals surface area contributed by atoms with Crippen molar-refractivity contribution in [2.75, 3.05) is 23.7 Å². The number of nitrogens with zero attached hydrogens (tertiary/aromatic N) is 2. The molecule has 0 unspecified atom stereocenters. The lowest BCUT2D eigenvalue weighted by atomic mass is 10.1. The maximum Gasteiger partial charge on any atom is 0.244 e. The normalized spacial score (nSPS) is 13.1. The highest BCUT2D eigenvalue weighted by Crippen LogP contribution is 2.22. The molecular formula is C24H32FN3O4S. The van der Waals surface area contributed by atoms with Crippen molar-refractivity contribution in [3.05, 3.63) is 66.0 Å². The number of hydrogen-bond acceptors (Lipinski definition) is 4. The van der Waals surface area contributed by atoms with Crippen LogP contribution in [0.15, 0.2) is 54.6 Å². The summed E-state index contributed by atoms with van der Waals surface area (Å²) >= 11 is 0. The van der Waals surface area contributed by atoms with Gasteiger partial charge in [0.05, 0.1) is 11.9 Å². The smallest absolute Gasteiger partial charge is 0.244 e. The Morgan fingerprint density at radius 3 is 2.21 bits per heavy atom. The minimum Gasteiger partial charge on any atom is -0.352 e. The lowest BCUT2D eigenvalue weighted by Gasteiger charge is -2.32. The number of anilines is 1. The standard InChI is InChI=1S/C24H32FN3O4S/c1-5-18(2)26-24(30)19(3)27(16-15-20-11-7-6-8-12-20)23(29)17-28(33(4,31)32)22-14-10-9-13-21(22)25/h6-14,18-19H,5,15-17H2,1-4H3,(H,26,30)/t18-,19-/m0/s1. The molecule has 7 nitrogen and oxygen atoms in total. The highest BCUT2D eigenvalue weighted by Gasteiger charge is 2.30. The Kier molecular flexibility index (Phi) is 9.40. The van der Waals surface area contributed by atoms with Crippen LogP contribution < -0.4 is 9.62 Å². The third-order valence-electron chi connectivity index (χ3n) is 5.45. The Morgan fingerprint density at radius 2 is 1.64 bits per heavy atom. The van der Waals surface area contributed by atoms with Crippen LogP contribution in [0.5, 0.6) is 0 Å². The molecule has 9 heteroatoms. The number of hydrogen-bond donors (Lipinski definition) is 1. The van der Waals surface area contributed by atoms with Crippen LogP contribution in [-0.4, -0.2) is 56.6 Å². The first-order chi connectivity index (χ1) is 15.5. The molecule has 0 saturated heterocycles. The highest BCUT2D eigenvalue weighted by atomic mass is 32.2. The van der Waals surface area contributed by atoms with Gasteiger partial charge in [-0.25, -0.2) is 12.8 Å². The highest BCUT2D eigenvalue weighted by molar-refractivity contribution is 7.92. The van der Waals surface area contributed by atoms with Gasteiger partial charge in [-0.1, -0.05) is 49.4 Å². The first kappa shape index (κ1) is 26.3. The molecule has 0 aliphatic carbocycles. The molecule has 0 heterocycles. The number of halogens is 1. The number of amides is 2. The van der Waals surface area contributed by atoms with E-state index in [1.807, 2.05) is 44.2 Å². The van der Waals surface area contributed by atoms with Crippen molar-refractivity contribution in [1.82, 2.24) is 10.2 Å². The first-order valence-corrected chi connectivity index (χ1v) is 12.8. The second-order valence-corrected chi connectivity index (χ2v) is 9.94. The van der Waals surface area contributed by atoms with E-state index in [0.29, 0.717) is 6.42 Å². The fourth-order valence-corrected chi connectivity index (χ4v) is 4.13. The van der Waals surface area contributed by atoms with E-state index in [1.54, 1.807) is 6.92 Å². The molecule has 180 valence electrons. The molecule has 0 saturated carbocycles. The third kappa shape index (κ3) is 7.56. The summed E-state index contributed by atoms with van der Waals surface area (Å²) in [5.74, 6) is -1.68. The first-order valence-electron chi connectivity index (χ1n) is 10.9. The number of benzene rings is 2. The van der Waals surface area contributed by atoms with Gasteiger partial charge >= 0.3 is 0 Å². The average molecular weight is 478 g/mol. The third-order valence-corrected chi connectivity index (χ3v) is 6.58. The molecule has 33 heavy (non-hydrogen) atoms. The molecule has 0 bridgehead atoms. The van der Waals surface area contributed by atoms with E-state index in [2.05, 4.69) is 5.32 Å². The SMILES string of the molecule is CC[C@H](C)NC(=O)[C@H](C)N(CCc1ccccc1)C(=O)CN(c1ccccc1F)S(C)(=O)=O. The molecule has 2 rings (SSSR count). The summed E-state index contributed by atoms with van der Waals surface area (Å²) in [7, 11) is -3.96. The van der Waals surface area contributed by atoms with E-state index in [1.165, 1.54) is 23.1 Å². The summed E-state index contributed by atoms with van der Waals surface area (Å²) in [4.78, 5) is 27.5. The Bertz CT molecular complexity index is 1050. The van der Waals surface area contributed by atoms with Gasteiger partial charge in [0.2, 0.25) is 21.8 Å². The lowest BCUT2D eigenvalue weighted by molar-refractivity contribution is -0.139. The van der Waals surface area contributed by atoms with Crippen LogP contribution in [0.4, 0.5) is 10.1 Å². The van der Waals surface area contributed by atoms with E-state index in [-0.39, 0.29) is 24.2 Å². The molecule has 0 spiro atoms. The fraction of sp³-hybridized carbons (Fsp3) is 0.417. The van der Waals surface area contributed by atoms with E-state index in [0.717, 1.165) is 28.6 Å². The molecular weight excluding hydrogens is 445 g/mol. The van der Waals surface area contributed by atoms with Gasteiger partial charge in [-0.2, -0.15) is 0 Å². The Hall–Kier alpha value is -2.94. The second kappa shape index (κ2) is 11.8. The van der Waals surface area contributed by atoms with Crippen molar-refractivity contribution in [2.24, 2.45) is 0 Å². The fourth-order valence-electron chi connectivity index (χ4n) is 3.28. The number of carbonyl (C=O) groups excluding carboxylic acids is 2. The van der Waals surface area contributed by atoms with Gasteiger partial charge in [-0.3, -0.25) is 13.9 Å². The Balaban J connectivity index is 2.31. The average Bonchev–Trinajstić information content (AvgIpc) is 2.77. The predicted octanol–water partition coefficient (Wildman–Crippen LogP) is 2.97. The molecule has 0 aliphatic rings. The maximum atomic E-state index is 14.4.